The fraction of sp³-hybridized carbons (Fsp3) is 0.211. The van der Waals surface area contributed by atoms with Gasteiger partial charge in [-0.05, 0) is 25.0 Å². The number of hydrogen-bond acceptors (Lipinski definition) is 1. The van der Waals surface area contributed by atoms with Gasteiger partial charge in [-0.1, -0.05) is 55.8 Å². The molecule has 2 heteroatoms. The van der Waals surface area contributed by atoms with Gasteiger partial charge >= 0.3 is 0 Å². The number of aryl methyl sites for hydroxylation is 2. The van der Waals surface area contributed by atoms with Crippen LogP contribution < -0.4 is 0 Å². The zero-order valence-electron chi connectivity index (χ0n) is 13.0. The standard InChI is InChI=1S/C17H14N2.C2H6/c1-11-4-3-5-13(8-11)15-7-6-12(2)16-14(9-18)10-19-17(15)16;1-2/h3-8,10,19H,1-2H3;1-2H3. The number of nitriles is 1. The minimum atomic E-state index is 0.710. The second kappa shape index (κ2) is 6.28. The van der Waals surface area contributed by atoms with Crippen molar-refractivity contribution in [2.45, 2.75) is 27.7 Å². The normalized spacial score (nSPS) is 9.86. The molecule has 0 bridgehead atoms. The van der Waals surface area contributed by atoms with Crippen molar-refractivity contribution in [3.8, 4) is 17.2 Å². The number of H-pyrrole nitrogens is 1. The molecule has 0 aliphatic carbocycles. The van der Waals surface area contributed by atoms with Crippen LogP contribution in [0.25, 0.3) is 22.0 Å². The summed E-state index contributed by atoms with van der Waals surface area (Å²) in [6, 6.07) is 14.9. The molecule has 3 aromatic rings. The second-order valence-electron chi connectivity index (χ2n) is 4.86. The first kappa shape index (κ1) is 14.9. The van der Waals surface area contributed by atoms with Crippen LogP contribution in [0.5, 0.6) is 0 Å². The molecule has 1 aromatic heterocycles. The van der Waals surface area contributed by atoms with Crippen molar-refractivity contribution in [1.82, 2.24) is 4.98 Å². The third-order valence-electron chi connectivity index (χ3n) is 3.49. The first-order chi connectivity index (χ1) is 10.2. The Kier molecular flexibility index (Phi) is 4.45. The van der Waals surface area contributed by atoms with Crippen LogP contribution in [0, 0.1) is 25.2 Å². The van der Waals surface area contributed by atoms with Gasteiger partial charge < -0.3 is 4.98 Å². The summed E-state index contributed by atoms with van der Waals surface area (Å²) < 4.78 is 0. The Bertz CT molecular complexity index is 804. The molecule has 21 heavy (non-hydrogen) atoms. The average molecular weight is 276 g/mol. The Morgan fingerprint density at radius 2 is 1.81 bits per heavy atom. The first-order valence-corrected chi connectivity index (χ1v) is 7.28. The number of aromatic amines is 1. The monoisotopic (exact) mass is 276 g/mol. The van der Waals surface area contributed by atoms with Crippen LogP contribution in [0.15, 0.2) is 42.6 Å². The summed E-state index contributed by atoms with van der Waals surface area (Å²) in [6.07, 6.45) is 1.79. The van der Waals surface area contributed by atoms with Crippen LogP contribution >= 0.6 is 0 Å². The van der Waals surface area contributed by atoms with Crippen LogP contribution in [0.4, 0.5) is 0 Å². The number of nitrogens with zero attached hydrogens (tertiary/aromatic N) is 1. The van der Waals surface area contributed by atoms with E-state index in [1.54, 1.807) is 6.20 Å². The van der Waals surface area contributed by atoms with Crippen molar-refractivity contribution >= 4 is 10.9 Å². The molecule has 0 spiro atoms. The Morgan fingerprint density at radius 1 is 1.05 bits per heavy atom. The predicted octanol–water partition coefficient (Wildman–Crippen LogP) is 5.35. The summed E-state index contributed by atoms with van der Waals surface area (Å²) in [5.74, 6) is 0. The zero-order valence-corrected chi connectivity index (χ0v) is 13.0. The summed E-state index contributed by atoms with van der Waals surface area (Å²) >= 11 is 0. The lowest BCUT2D eigenvalue weighted by atomic mass is 9.98. The molecule has 106 valence electrons. The molecule has 0 aliphatic heterocycles. The Hall–Kier alpha value is -2.53. The highest BCUT2D eigenvalue weighted by atomic mass is 14.7. The molecule has 2 aromatic carbocycles. The van der Waals surface area contributed by atoms with Crippen LogP contribution in [0.1, 0.15) is 30.5 Å². The minimum Gasteiger partial charge on any atom is -0.359 e. The quantitative estimate of drug-likeness (QED) is 0.639. The molecule has 3 rings (SSSR count). The fourth-order valence-corrected chi connectivity index (χ4v) is 2.56. The van der Waals surface area contributed by atoms with E-state index >= 15 is 0 Å². The molecule has 0 atom stereocenters. The molecule has 2 nitrogen and oxygen atoms in total. The van der Waals surface area contributed by atoms with Gasteiger partial charge in [-0.15, -0.1) is 0 Å². The van der Waals surface area contributed by atoms with Gasteiger partial charge in [-0.25, -0.2) is 0 Å². The van der Waals surface area contributed by atoms with Gasteiger partial charge in [0.2, 0.25) is 0 Å². The summed E-state index contributed by atoms with van der Waals surface area (Å²) in [6.45, 7) is 8.13. The molecule has 0 fully saturated rings. The third-order valence-corrected chi connectivity index (χ3v) is 3.49. The number of benzene rings is 2. The van der Waals surface area contributed by atoms with Crippen molar-refractivity contribution in [1.29, 1.82) is 5.26 Å². The van der Waals surface area contributed by atoms with Gasteiger partial charge in [-0.2, -0.15) is 5.26 Å². The molecule has 1 heterocycles. The maximum absolute atomic E-state index is 9.18. The number of hydrogen-bond donors (Lipinski definition) is 1. The second-order valence-corrected chi connectivity index (χ2v) is 4.86. The highest BCUT2D eigenvalue weighted by Crippen LogP contribution is 2.32. The van der Waals surface area contributed by atoms with Crippen LogP contribution in [-0.4, -0.2) is 4.98 Å². The van der Waals surface area contributed by atoms with E-state index in [4.69, 9.17) is 0 Å². The SMILES string of the molecule is CC.Cc1cccc(-c2ccc(C)c3c(C#N)c[nH]c23)c1. The molecule has 0 aliphatic rings. The van der Waals surface area contributed by atoms with Crippen LogP contribution in [0.3, 0.4) is 0 Å². The van der Waals surface area contributed by atoms with Crippen molar-refractivity contribution in [2.24, 2.45) is 0 Å². The lowest BCUT2D eigenvalue weighted by Crippen LogP contribution is -1.84. The number of rotatable bonds is 1. The van der Waals surface area contributed by atoms with Crippen LogP contribution in [-0.2, 0) is 0 Å². The van der Waals surface area contributed by atoms with Crippen molar-refractivity contribution in [3.05, 3.63) is 59.3 Å². The summed E-state index contributed by atoms with van der Waals surface area (Å²) in [4.78, 5) is 3.24. The third kappa shape index (κ3) is 2.68. The maximum atomic E-state index is 9.18. The van der Waals surface area contributed by atoms with E-state index in [0.29, 0.717) is 5.56 Å². The van der Waals surface area contributed by atoms with E-state index in [1.807, 2.05) is 20.8 Å². The molecule has 0 radical (unpaired) electrons. The van der Waals surface area contributed by atoms with Crippen LogP contribution in [0.2, 0.25) is 0 Å². The minimum absolute atomic E-state index is 0.710. The highest BCUT2D eigenvalue weighted by Gasteiger charge is 2.11. The molecule has 0 unspecified atom stereocenters. The van der Waals surface area contributed by atoms with Gasteiger partial charge in [0.1, 0.15) is 6.07 Å². The van der Waals surface area contributed by atoms with Gasteiger partial charge in [0, 0.05) is 17.1 Å². The van der Waals surface area contributed by atoms with Gasteiger partial charge in [0.05, 0.1) is 11.1 Å². The van der Waals surface area contributed by atoms with E-state index in [0.717, 1.165) is 22.0 Å². The Labute approximate surface area is 126 Å². The molecule has 1 N–H and O–H groups in total. The van der Waals surface area contributed by atoms with E-state index in [1.165, 1.54) is 11.1 Å². The van der Waals surface area contributed by atoms with Gasteiger partial charge in [0.15, 0.2) is 0 Å². The van der Waals surface area contributed by atoms with E-state index < -0.39 is 0 Å². The molecule has 0 amide bonds. The lowest BCUT2D eigenvalue weighted by Gasteiger charge is -2.07. The average Bonchev–Trinajstić information content (AvgIpc) is 2.94. The lowest BCUT2D eigenvalue weighted by molar-refractivity contribution is 1.43. The Morgan fingerprint density at radius 3 is 2.48 bits per heavy atom. The molecule has 0 saturated heterocycles. The summed E-state index contributed by atoms with van der Waals surface area (Å²) in [5, 5.41) is 10.2. The first-order valence-electron chi connectivity index (χ1n) is 7.28. The number of aromatic nitrogens is 1. The summed E-state index contributed by atoms with van der Waals surface area (Å²) in [7, 11) is 0. The topological polar surface area (TPSA) is 39.6 Å². The number of nitrogens with one attached hydrogen (secondary N) is 1. The largest absolute Gasteiger partial charge is 0.359 e. The van der Waals surface area contributed by atoms with Crippen molar-refractivity contribution < 1.29 is 0 Å². The fourth-order valence-electron chi connectivity index (χ4n) is 2.56. The van der Waals surface area contributed by atoms with E-state index in [9.17, 15) is 5.26 Å². The summed E-state index contributed by atoms with van der Waals surface area (Å²) in [5.41, 5.74) is 6.44. The Balaban J connectivity index is 0.000000774. The molecule has 0 saturated carbocycles. The van der Waals surface area contributed by atoms with Gasteiger partial charge in [-0.3, -0.25) is 0 Å². The maximum Gasteiger partial charge on any atom is 0.101 e. The zero-order chi connectivity index (χ0) is 15.4. The van der Waals surface area contributed by atoms with Crippen molar-refractivity contribution in [2.75, 3.05) is 0 Å². The van der Waals surface area contributed by atoms with E-state index in [2.05, 4.69) is 54.4 Å². The predicted molar refractivity (Wildman–Crippen MR) is 89.3 cm³/mol. The molecular formula is C19H20N2. The highest BCUT2D eigenvalue weighted by molar-refractivity contribution is 5.99. The molecular weight excluding hydrogens is 256 g/mol. The smallest absolute Gasteiger partial charge is 0.101 e. The van der Waals surface area contributed by atoms with E-state index in [-0.39, 0.29) is 0 Å². The number of fused-ring (bicyclic) bond motifs is 1. The van der Waals surface area contributed by atoms with Gasteiger partial charge in [0.25, 0.3) is 0 Å². The van der Waals surface area contributed by atoms with Crippen molar-refractivity contribution in [3.63, 3.8) is 0 Å².